The van der Waals surface area contributed by atoms with E-state index in [1.807, 2.05) is 30.3 Å². The number of hydrogen-bond acceptors (Lipinski definition) is 5. The van der Waals surface area contributed by atoms with E-state index in [0.717, 1.165) is 21.9 Å². The van der Waals surface area contributed by atoms with Gasteiger partial charge >= 0.3 is 0 Å². The SMILES string of the molecule is O=C(CCC(=O)N1CCSc2ccccc21)NCc1cccc(NC(=O)c2ccco2)c1. The van der Waals surface area contributed by atoms with Crippen molar-refractivity contribution in [1.82, 2.24) is 5.32 Å². The van der Waals surface area contributed by atoms with Crippen LogP contribution in [0.3, 0.4) is 0 Å². The van der Waals surface area contributed by atoms with Crippen molar-refractivity contribution < 1.29 is 18.8 Å². The number of amides is 3. The maximum Gasteiger partial charge on any atom is 0.291 e. The van der Waals surface area contributed by atoms with E-state index < -0.39 is 0 Å². The summed E-state index contributed by atoms with van der Waals surface area (Å²) in [7, 11) is 0. The van der Waals surface area contributed by atoms with Crippen LogP contribution in [0, 0.1) is 0 Å². The number of rotatable bonds is 7. The van der Waals surface area contributed by atoms with Crippen molar-refractivity contribution in [3.8, 4) is 0 Å². The Morgan fingerprint density at radius 1 is 1.00 bits per heavy atom. The Morgan fingerprint density at radius 2 is 1.88 bits per heavy atom. The minimum absolute atomic E-state index is 0.0458. The van der Waals surface area contributed by atoms with Gasteiger partial charge in [0.25, 0.3) is 5.91 Å². The molecule has 0 unspecified atom stereocenters. The van der Waals surface area contributed by atoms with E-state index in [2.05, 4.69) is 10.6 Å². The standard InChI is InChI=1S/C24H23N3O4S/c28-22(10-11-23(29)27-12-14-32-21-9-2-1-7-19(21)27)25-16-17-5-3-6-18(15-17)26-24(30)20-8-4-13-31-20/h1-9,13,15H,10-12,14,16H2,(H,25,28)(H,26,30). The number of fused-ring (bicyclic) bond motifs is 1. The first kappa shape index (κ1) is 21.7. The first-order valence-electron chi connectivity index (χ1n) is 10.3. The molecular weight excluding hydrogens is 426 g/mol. The van der Waals surface area contributed by atoms with E-state index in [0.29, 0.717) is 18.8 Å². The molecule has 3 amide bonds. The average molecular weight is 450 g/mol. The number of nitrogens with zero attached hydrogens (tertiary/aromatic N) is 1. The minimum atomic E-state index is -0.340. The van der Waals surface area contributed by atoms with Crippen LogP contribution in [0.15, 0.2) is 76.2 Å². The first-order chi connectivity index (χ1) is 15.6. The Hall–Kier alpha value is -3.52. The normalized spacial score (nSPS) is 12.7. The molecule has 2 heterocycles. The number of hydrogen-bond donors (Lipinski definition) is 2. The molecule has 1 aliphatic heterocycles. The highest BCUT2D eigenvalue weighted by Crippen LogP contribution is 2.34. The fourth-order valence-electron chi connectivity index (χ4n) is 3.43. The Kier molecular flexibility index (Phi) is 6.91. The molecule has 1 aliphatic rings. The van der Waals surface area contributed by atoms with Crippen molar-refractivity contribution in [2.75, 3.05) is 22.5 Å². The van der Waals surface area contributed by atoms with Crippen LogP contribution in [-0.2, 0) is 16.1 Å². The molecule has 32 heavy (non-hydrogen) atoms. The second-order valence-corrected chi connectivity index (χ2v) is 8.41. The van der Waals surface area contributed by atoms with Crippen molar-refractivity contribution in [2.24, 2.45) is 0 Å². The summed E-state index contributed by atoms with van der Waals surface area (Å²) in [6, 6.07) is 18.3. The molecule has 8 heteroatoms. The average Bonchev–Trinajstić information content (AvgIpc) is 3.36. The molecule has 4 rings (SSSR count). The maximum absolute atomic E-state index is 12.7. The van der Waals surface area contributed by atoms with Crippen molar-refractivity contribution in [2.45, 2.75) is 24.3 Å². The molecule has 0 radical (unpaired) electrons. The predicted molar refractivity (Wildman–Crippen MR) is 124 cm³/mol. The number of para-hydroxylation sites is 1. The van der Waals surface area contributed by atoms with Gasteiger partial charge in [0.15, 0.2) is 5.76 Å². The minimum Gasteiger partial charge on any atom is -0.459 e. The summed E-state index contributed by atoms with van der Waals surface area (Å²) in [6.07, 6.45) is 1.72. The Balaban J connectivity index is 1.26. The second-order valence-electron chi connectivity index (χ2n) is 7.27. The van der Waals surface area contributed by atoms with E-state index in [1.165, 1.54) is 6.26 Å². The van der Waals surface area contributed by atoms with Crippen molar-refractivity contribution in [3.63, 3.8) is 0 Å². The Bertz CT molecular complexity index is 1110. The van der Waals surface area contributed by atoms with E-state index in [1.54, 1.807) is 47.0 Å². The van der Waals surface area contributed by atoms with Crippen LogP contribution < -0.4 is 15.5 Å². The Morgan fingerprint density at radius 3 is 2.72 bits per heavy atom. The third-order valence-electron chi connectivity index (χ3n) is 5.01. The highest BCUT2D eigenvalue weighted by molar-refractivity contribution is 7.99. The lowest BCUT2D eigenvalue weighted by Gasteiger charge is -2.29. The summed E-state index contributed by atoms with van der Waals surface area (Å²) in [6.45, 7) is 0.958. The van der Waals surface area contributed by atoms with Crippen LogP contribution in [-0.4, -0.2) is 30.0 Å². The van der Waals surface area contributed by atoms with Gasteiger partial charge < -0.3 is 20.0 Å². The lowest BCUT2D eigenvalue weighted by molar-refractivity contribution is -0.125. The zero-order chi connectivity index (χ0) is 22.3. The van der Waals surface area contributed by atoms with Gasteiger partial charge in [0.2, 0.25) is 11.8 Å². The number of carbonyl (C=O) groups is 3. The lowest BCUT2D eigenvalue weighted by atomic mass is 10.2. The predicted octanol–water partition coefficient (Wildman–Crippen LogP) is 4.07. The van der Waals surface area contributed by atoms with Gasteiger partial charge in [-0.25, -0.2) is 0 Å². The number of carbonyl (C=O) groups excluding carboxylic acids is 3. The zero-order valence-corrected chi connectivity index (χ0v) is 18.2. The molecular formula is C24H23N3O4S. The van der Waals surface area contributed by atoms with E-state index in [9.17, 15) is 14.4 Å². The number of thioether (sulfide) groups is 1. The van der Waals surface area contributed by atoms with Crippen LogP contribution in [0.1, 0.15) is 29.0 Å². The number of furan rings is 1. The third-order valence-corrected chi connectivity index (χ3v) is 6.06. The molecule has 2 N–H and O–H groups in total. The van der Waals surface area contributed by atoms with Gasteiger partial charge in [0.05, 0.1) is 12.0 Å². The van der Waals surface area contributed by atoms with Crippen LogP contribution in [0.5, 0.6) is 0 Å². The maximum atomic E-state index is 12.7. The summed E-state index contributed by atoms with van der Waals surface area (Å²) >= 11 is 1.74. The molecule has 7 nitrogen and oxygen atoms in total. The fourth-order valence-corrected chi connectivity index (χ4v) is 4.43. The van der Waals surface area contributed by atoms with Gasteiger partial charge in [-0.3, -0.25) is 14.4 Å². The molecule has 3 aromatic rings. The van der Waals surface area contributed by atoms with Gasteiger partial charge in [-0.1, -0.05) is 24.3 Å². The molecule has 0 fully saturated rings. The molecule has 1 aromatic heterocycles. The van der Waals surface area contributed by atoms with E-state index >= 15 is 0 Å². The highest BCUT2D eigenvalue weighted by atomic mass is 32.2. The number of anilines is 2. The molecule has 0 atom stereocenters. The quantitative estimate of drug-likeness (QED) is 0.567. The summed E-state index contributed by atoms with van der Waals surface area (Å²) in [5.41, 5.74) is 2.36. The summed E-state index contributed by atoms with van der Waals surface area (Å²) in [5, 5.41) is 5.60. The lowest BCUT2D eigenvalue weighted by Crippen LogP contribution is -2.36. The molecule has 164 valence electrons. The van der Waals surface area contributed by atoms with Gasteiger partial charge in [-0.15, -0.1) is 11.8 Å². The summed E-state index contributed by atoms with van der Waals surface area (Å²) in [4.78, 5) is 39.9. The summed E-state index contributed by atoms with van der Waals surface area (Å²) in [5.74, 6) is 0.496. The van der Waals surface area contributed by atoms with Crippen LogP contribution >= 0.6 is 11.8 Å². The monoisotopic (exact) mass is 449 g/mol. The highest BCUT2D eigenvalue weighted by Gasteiger charge is 2.22. The molecule has 0 spiro atoms. The number of benzene rings is 2. The number of nitrogens with one attached hydrogen (secondary N) is 2. The van der Waals surface area contributed by atoms with Gasteiger partial charge in [-0.2, -0.15) is 0 Å². The second kappa shape index (κ2) is 10.2. The van der Waals surface area contributed by atoms with Crippen LogP contribution in [0.4, 0.5) is 11.4 Å². The van der Waals surface area contributed by atoms with Crippen LogP contribution in [0.25, 0.3) is 0 Å². The van der Waals surface area contributed by atoms with Crippen molar-refractivity contribution in [1.29, 1.82) is 0 Å². The van der Waals surface area contributed by atoms with Crippen LogP contribution in [0.2, 0.25) is 0 Å². The first-order valence-corrected chi connectivity index (χ1v) is 11.3. The van der Waals surface area contributed by atoms with Gasteiger partial charge in [-0.05, 0) is 42.0 Å². The molecule has 0 saturated carbocycles. The molecule has 0 aliphatic carbocycles. The van der Waals surface area contributed by atoms with E-state index in [4.69, 9.17) is 4.42 Å². The smallest absolute Gasteiger partial charge is 0.291 e. The van der Waals surface area contributed by atoms with Crippen molar-refractivity contribution >= 4 is 40.9 Å². The molecule has 0 bridgehead atoms. The van der Waals surface area contributed by atoms with Gasteiger partial charge in [0, 0.05) is 42.3 Å². The van der Waals surface area contributed by atoms with E-state index in [-0.39, 0.29) is 36.3 Å². The zero-order valence-electron chi connectivity index (χ0n) is 17.4. The van der Waals surface area contributed by atoms with Crippen molar-refractivity contribution in [3.05, 3.63) is 78.3 Å². The topological polar surface area (TPSA) is 91.7 Å². The summed E-state index contributed by atoms with van der Waals surface area (Å²) < 4.78 is 5.08. The molecule has 2 aromatic carbocycles. The largest absolute Gasteiger partial charge is 0.459 e. The third kappa shape index (κ3) is 5.39. The van der Waals surface area contributed by atoms with Gasteiger partial charge in [0.1, 0.15) is 0 Å². The fraction of sp³-hybridized carbons (Fsp3) is 0.208. The molecule has 0 saturated heterocycles. The Labute approximate surface area is 190 Å².